The van der Waals surface area contributed by atoms with Gasteiger partial charge in [0.2, 0.25) is 0 Å². The molecule has 0 bridgehead atoms. The van der Waals surface area contributed by atoms with E-state index in [0.717, 1.165) is 24.8 Å². The van der Waals surface area contributed by atoms with Crippen LogP contribution < -0.4 is 0 Å². The zero-order valence-electron chi connectivity index (χ0n) is 24.1. The number of hydrogen-bond acceptors (Lipinski definition) is 5. The van der Waals surface area contributed by atoms with E-state index >= 15 is 0 Å². The molecule has 0 radical (unpaired) electrons. The Kier molecular flexibility index (Phi) is 19.7. The minimum atomic E-state index is -1.15. The van der Waals surface area contributed by atoms with E-state index in [9.17, 15) is 14.7 Å². The van der Waals surface area contributed by atoms with Gasteiger partial charge < -0.3 is 14.7 Å². The molecule has 0 spiro atoms. The first-order chi connectivity index (χ1) is 18.5. The topological polar surface area (TPSA) is 85.2 Å². The number of hydrogen-bond donors (Lipinski definition) is 1. The van der Waals surface area contributed by atoms with Crippen molar-refractivity contribution < 1.29 is 24.3 Å². The Morgan fingerprint density at radius 1 is 0.737 bits per heavy atom. The van der Waals surface area contributed by atoms with Gasteiger partial charge in [-0.15, -0.1) is 0 Å². The van der Waals surface area contributed by atoms with Crippen LogP contribution in [0.4, 0.5) is 0 Å². The molecule has 0 aromatic heterocycles. The smallest absolute Gasteiger partial charge is 0.341 e. The molecular formula is C32H51NO5. The molecule has 1 rings (SSSR count). The molecule has 0 aliphatic heterocycles. The van der Waals surface area contributed by atoms with Crippen LogP contribution in [0.3, 0.4) is 0 Å². The molecule has 0 fully saturated rings. The number of carbonyl (C=O) groups is 2. The summed E-state index contributed by atoms with van der Waals surface area (Å²) in [6.07, 6.45) is 21.2. The lowest BCUT2D eigenvalue weighted by Gasteiger charge is -2.15. The summed E-state index contributed by atoms with van der Waals surface area (Å²) in [5.41, 5.74) is 1.39. The molecule has 0 atom stereocenters. The molecular weight excluding hydrogens is 478 g/mol. The first-order valence-corrected chi connectivity index (χ1v) is 14.9. The predicted molar refractivity (Wildman–Crippen MR) is 156 cm³/mol. The van der Waals surface area contributed by atoms with Gasteiger partial charge in [0.25, 0.3) is 5.90 Å². The number of rotatable bonds is 22. The molecule has 0 saturated heterocycles. The van der Waals surface area contributed by atoms with Gasteiger partial charge in [0, 0.05) is 6.92 Å². The summed E-state index contributed by atoms with van der Waals surface area (Å²) in [4.78, 5) is 28.3. The number of unbranched alkanes of at least 4 members (excludes halogenated alkanes) is 15. The van der Waals surface area contributed by atoms with E-state index in [4.69, 9.17) is 9.57 Å². The maximum Gasteiger partial charge on any atom is 0.341 e. The van der Waals surface area contributed by atoms with Crippen LogP contribution >= 0.6 is 0 Å². The van der Waals surface area contributed by atoms with Crippen LogP contribution in [0, 0.1) is 0 Å². The fourth-order valence-electron chi connectivity index (χ4n) is 4.64. The molecule has 1 aromatic rings. The van der Waals surface area contributed by atoms with Crippen LogP contribution in [-0.2, 0) is 19.2 Å². The Bertz CT molecular complexity index is 832. The summed E-state index contributed by atoms with van der Waals surface area (Å²) in [5, 5.41) is 13.8. The van der Waals surface area contributed by atoms with E-state index < -0.39 is 11.9 Å². The Balaban J connectivity index is 2.50. The van der Waals surface area contributed by atoms with Crippen molar-refractivity contribution in [1.82, 2.24) is 0 Å². The van der Waals surface area contributed by atoms with E-state index in [0.29, 0.717) is 12.0 Å². The summed E-state index contributed by atoms with van der Waals surface area (Å²) in [5.74, 6) is -1.96. The van der Waals surface area contributed by atoms with Crippen molar-refractivity contribution in [1.29, 1.82) is 0 Å². The number of carboxylic acid groups (broad SMARTS) is 1. The van der Waals surface area contributed by atoms with Crippen molar-refractivity contribution in [2.75, 3.05) is 6.61 Å². The van der Waals surface area contributed by atoms with Crippen molar-refractivity contribution in [2.45, 2.75) is 130 Å². The van der Waals surface area contributed by atoms with Crippen molar-refractivity contribution in [2.24, 2.45) is 5.16 Å². The summed E-state index contributed by atoms with van der Waals surface area (Å²) in [6, 6.07) is 9.44. The van der Waals surface area contributed by atoms with Crippen LogP contribution in [0.25, 0.3) is 5.57 Å². The molecule has 0 aliphatic rings. The third-order valence-corrected chi connectivity index (χ3v) is 6.67. The van der Waals surface area contributed by atoms with E-state index in [2.05, 4.69) is 12.1 Å². The predicted octanol–water partition coefficient (Wildman–Crippen LogP) is 9.09. The van der Waals surface area contributed by atoms with Crippen LogP contribution in [-0.4, -0.2) is 29.5 Å². The van der Waals surface area contributed by atoms with Crippen LogP contribution in [0.5, 0.6) is 0 Å². The molecule has 0 amide bonds. The number of nitrogens with zero attached hydrogens (tertiary/aromatic N) is 1. The number of aliphatic carboxylic acids is 1. The second-order valence-electron chi connectivity index (χ2n) is 9.99. The van der Waals surface area contributed by atoms with Gasteiger partial charge in [-0.05, 0) is 36.1 Å². The molecule has 0 saturated carbocycles. The quantitative estimate of drug-likeness (QED) is 0.0404. The molecule has 214 valence electrons. The lowest BCUT2D eigenvalue weighted by molar-refractivity contribution is -0.141. The lowest BCUT2D eigenvalue weighted by atomic mass is 9.94. The lowest BCUT2D eigenvalue weighted by Crippen LogP contribution is -2.19. The summed E-state index contributed by atoms with van der Waals surface area (Å²) < 4.78 is 5.49. The first kappa shape index (κ1) is 33.4. The average molecular weight is 530 g/mol. The Morgan fingerprint density at radius 2 is 1.21 bits per heavy atom. The molecule has 0 heterocycles. The van der Waals surface area contributed by atoms with Gasteiger partial charge >= 0.3 is 11.9 Å². The number of carboxylic acids is 1. The normalized spacial score (nSPS) is 12.2. The Morgan fingerprint density at radius 3 is 1.63 bits per heavy atom. The van der Waals surface area contributed by atoms with Gasteiger partial charge in [-0.3, -0.25) is 0 Å². The second kappa shape index (κ2) is 22.4. The summed E-state index contributed by atoms with van der Waals surface area (Å²) in [7, 11) is 0. The number of benzene rings is 1. The number of carbonyl (C=O) groups excluding carboxylic acids is 1. The molecule has 38 heavy (non-hydrogen) atoms. The highest BCUT2D eigenvalue weighted by Gasteiger charge is 2.24. The zero-order valence-corrected chi connectivity index (χ0v) is 24.1. The minimum Gasteiger partial charge on any atom is -0.477 e. The summed E-state index contributed by atoms with van der Waals surface area (Å²) in [6.45, 7) is 5.42. The average Bonchev–Trinajstić information content (AvgIpc) is 2.90. The van der Waals surface area contributed by atoms with Gasteiger partial charge in [-0.1, -0.05) is 134 Å². The van der Waals surface area contributed by atoms with Crippen LogP contribution in [0.1, 0.15) is 135 Å². The fourth-order valence-corrected chi connectivity index (χ4v) is 4.64. The van der Waals surface area contributed by atoms with Gasteiger partial charge in [-0.25, -0.2) is 9.59 Å². The zero-order chi connectivity index (χ0) is 27.8. The molecule has 1 N–H and O–H groups in total. The fraction of sp³-hybridized carbons (Fsp3) is 0.656. The third kappa shape index (κ3) is 15.6. The van der Waals surface area contributed by atoms with Crippen molar-refractivity contribution in [3.05, 3.63) is 41.5 Å². The van der Waals surface area contributed by atoms with E-state index in [1.165, 1.54) is 90.4 Å². The van der Waals surface area contributed by atoms with E-state index in [-0.39, 0.29) is 18.1 Å². The number of allylic oxidation sites excluding steroid dienone is 1. The van der Waals surface area contributed by atoms with Crippen LogP contribution in [0.2, 0.25) is 0 Å². The highest BCUT2D eigenvalue weighted by Crippen LogP contribution is 2.27. The van der Waals surface area contributed by atoms with Crippen molar-refractivity contribution in [3.63, 3.8) is 0 Å². The Hall–Kier alpha value is -2.63. The summed E-state index contributed by atoms with van der Waals surface area (Å²) >= 11 is 0. The molecule has 6 heteroatoms. The van der Waals surface area contributed by atoms with E-state index in [1.54, 1.807) is 6.92 Å². The monoisotopic (exact) mass is 529 g/mol. The maximum atomic E-state index is 12.3. The van der Waals surface area contributed by atoms with Gasteiger partial charge in [0.15, 0.2) is 0 Å². The SMILES string of the molecule is CCCCCCCCCCCCCCCCCCC(=C(C(=O)O)C(=NOC(C)=O)OCC)c1ccccc1. The minimum absolute atomic E-state index is 0.0553. The van der Waals surface area contributed by atoms with Crippen molar-refractivity contribution in [3.8, 4) is 0 Å². The van der Waals surface area contributed by atoms with Gasteiger partial charge in [0.05, 0.1) is 6.61 Å². The van der Waals surface area contributed by atoms with Crippen molar-refractivity contribution >= 4 is 23.4 Å². The van der Waals surface area contributed by atoms with E-state index in [1.807, 2.05) is 30.3 Å². The number of oxime groups is 1. The van der Waals surface area contributed by atoms with Gasteiger partial charge in [0.1, 0.15) is 5.57 Å². The molecule has 6 nitrogen and oxygen atoms in total. The maximum absolute atomic E-state index is 12.3. The third-order valence-electron chi connectivity index (χ3n) is 6.67. The highest BCUT2D eigenvalue weighted by molar-refractivity contribution is 6.21. The van der Waals surface area contributed by atoms with Crippen LogP contribution in [0.15, 0.2) is 41.1 Å². The molecule has 0 unspecified atom stereocenters. The standard InChI is InChI=1S/C32H51NO5/c1-4-6-7-8-9-10-11-12-13-14-15-16-17-18-19-23-26-29(28-24-21-20-22-25-28)30(32(35)36)31(37-5-2)33-38-27(3)34/h20-22,24-25H,4-19,23,26H2,1-3H3,(H,35,36). The number of ether oxygens (including phenoxy) is 1. The largest absolute Gasteiger partial charge is 0.477 e. The van der Waals surface area contributed by atoms with Gasteiger partial charge in [-0.2, -0.15) is 0 Å². The molecule has 1 aromatic carbocycles. The molecule has 0 aliphatic carbocycles. The Labute approximate surface area is 230 Å². The second-order valence-corrected chi connectivity index (χ2v) is 9.99. The first-order valence-electron chi connectivity index (χ1n) is 14.9. The highest BCUT2D eigenvalue weighted by atomic mass is 16.7.